The third-order valence-corrected chi connectivity index (χ3v) is 2.99. The number of esters is 2. The third-order valence-electron chi connectivity index (χ3n) is 2.99. The summed E-state index contributed by atoms with van der Waals surface area (Å²) in [4.78, 5) is 23.4. The van der Waals surface area contributed by atoms with Gasteiger partial charge in [-0.15, -0.1) is 0 Å². The molecule has 0 aromatic rings. The van der Waals surface area contributed by atoms with Gasteiger partial charge in [-0.25, -0.2) is 9.59 Å². The Hall–Kier alpha value is -1.40. The van der Waals surface area contributed by atoms with E-state index in [0.29, 0.717) is 0 Å². The van der Waals surface area contributed by atoms with Gasteiger partial charge >= 0.3 is 11.9 Å². The quantitative estimate of drug-likeness (QED) is 0.642. The lowest BCUT2D eigenvalue weighted by molar-refractivity contribution is -0.151. The van der Waals surface area contributed by atoms with Crippen molar-refractivity contribution in [2.75, 3.05) is 14.2 Å². The summed E-state index contributed by atoms with van der Waals surface area (Å²) in [5.41, 5.74) is 0.288. The molecule has 2 heterocycles. The van der Waals surface area contributed by atoms with Gasteiger partial charge in [-0.3, -0.25) is 0 Å². The number of fused-ring (bicyclic) bond motifs is 2. The van der Waals surface area contributed by atoms with Crippen LogP contribution in [-0.4, -0.2) is 44.2 Å². The first kappa shape index (κ1) is 12.1. The van der Waals surface area contributed by atoms with E-state index < -0.39 is 23.8 Å². The van der Waals surface area contributed by atoms with Crippen LogP contribution in [0.3, 0.4) is 0 Å². The molecule has 1 fully saturated rings. The minimum atomic E-state index is -1.22. The standard InChI is InChI=1S/C11H14O6/c1-5-8-6(9(12)14-3)7(10(13)15-4)11(2,16-5)17-8/h5,8H,1-4H3. The van der Waals surface area contributed by atoms with Gasteiger partial charge in [0, 0.05) is 0 Å². The average Bonchev–Trinajstić information content (AvgIpc) is 2.75. The molecule has 0 aromatic carbocycles. The Morgan fingerprint density at radius 1 is 1.18 bits per heavy atom. The lowest BCUT2D eigenvalue weighted by Gasteiger charge is -2.25. The fourth-order valence-electron chi connectivity index (χ4n) is 2.31. The number of ether oxygens (including phenoxy) is 4. The van der Waals surface area contributed by atoms with Crippen LogP contribution in [0.1, 0.15) is 13.8 Å². The second kappa shape index (κ2) is 3.82. The molecule has 3 unspecified atom stereocenters. The smallest absolute Gasteiger partial charge is 0.339 e. The Bertz CT molecular complexity index is 412. The first-order valence-electron chi connectivity index (χ1n) is 5.21. The summed E-state index contributed by atoms with van der Waals surface area (Å²) in [6.07, 6.45) is -0.885. The summed E-state index contributed by atoms with van der Waals surface area (Å²) >= 11 is 0. The Morgan fingerprint density at radius 3 is 2.29 bits per heavy atom. The van der Waals surface area contributed by atoms with E-state index in [0.717, 1.165) is 0 Å². The molecule has 0 saturated carbocycles. The topological polar surface area (TPSA) is 71.1 Å². The van der Waals surface area contributed by atoms with Crippen molar-refractivity contribution in [1.29, 1.82) is 0 Å². The molecule has 6 heteroatoms. The third kappa shape index (κ3) is 1.56. The van der Waals surface area contributed by atoms with Crippen LogP contribution in [0.15, 0.2) is 11.1 Å². The molecule has 0 aliphatic carbocycles. The van der Waals surface area contributed by atoms with Crippen LogP contribution < -0.4 is 0 Å². The van der Waals surface area contributed by atoms with Crippen molar-refractivity contribution in [1.82, 2.24) is 0 Å². The van der Waals surface area contributed by atoms with Crippen molar-refractivity contribution < 1.29 is 28.5 Å². The maximum Gasteiger partial charge on any atom is 0.339 e. The van der Waals surface area contributed by atoms with Crippen LogP contribution in [0.4, 0.5) is 0 Å². The van der Waals surface area contributed by atoms with E-state index in [-0.39, 0.29) is 17.3 Å². The van der Waals surface area contributed by atoms with Crippen LogP contribution >= 0.6 is 0 Å². The Morgan fingerprint density at radius 2 is 1.76 bits per heavy atom. The maximum absolute atomic E-state index is 11.7. The molecule has 6 nitrogen and oxygen atoms in total. The van der Waals surface area contributed by atoms with Crippen LogP contribution in [0.25, 0.3) is 0 Å². The van der Waals surface area contributed by atoms with Crippen LogP contribution in [-0.2, 0) is 28.5 Å². The SMILES string of the molecule is COC(=O)C1=C(C(=O)OC)C2(C)OC(C)C1O2. The molecule has 0 aromatic heterocycles. The highest BCUT2D eigenvalue weighted by Gasteiger charge is 2.59. The molecule has 0 N–H and O–H groups in total. The molecule has 2 aliphatic heterocycles. The molecule has 1 saturated heterocycles. The molecule has 2 bridgehead atoms. The highest BCUT2D eigenvalue weighted by atomic mass is 16.8. The Kier molecular flexibility index (Phi) is 2.71. The van der Waals surface area contributed by atoms with Crippen LogP contribution in [0.2, 0.25) is 0 Å². The van der Waals surface area contributed by atoms with Crippen molar-refractivity contribution in [2.24, 2.45) is 0 Å². The van der Waals surface area contributed by atoms with Crippen molar-refractivity contribution in [3.63, 3.8) is 0 Å². The molecule has 0 amide bonds. The zero-order chi connectivity index (χ0) is 12.8. The maximum atomic E-state index is 11.7. The molecule has 2 aliphatic rings. The van der Waals surface area contributed by atoms with E-state index in [9.17, 15) is 9.59 Å². The number of methoxy groups -OCH3 is 2. The van der Waals surface area contributed by atoms with E-state index in [1.807, 2.05) is 0 Å². The zero-order valence-electron chi connectivity index (χ0n) is 10.1. The van der Waals surface area contributed by atoms with Gasteiger partial charge in [0.2, 0.25) is 5.79 Å². The van der Waals surface area contributed by atoms with Gasteiger partial charge in [0.05, 0.1) is 25.9 Å². The van der Waals surface area contributed by atoms with Gasteiger partial charge in [0.15, 0.2) is 0 Å². The molecular weight excluding hydrogens is 228 g/mol. The summed E-state index contributed by atoms with van der Waals surface area (Å²) in [7, 11) is 2.49. The molecule has 0 radical (unpaired) electrons. The second-order valence-electron chi connectivity index (χ2n) is 4.08. The molecule has 17 heavy (non-hydrogen) atoms. The van der Waals surface area contributed by atoms with Crippen molar-refractivity contribution in [2.45, 2.75) is 31.8 Å². The molecule has 94 valence electrons. The normalized spacial score (nSPS) is 35.1. The van der Waals surface area contributed by atoms with Gasteiger partial charge in [-0.2, -0.15) is 0 Å². The number of hydrogen-bond donors (Lipinski definition) is 0. The van der Waals surface area contributed by atoms with Gasteiger partial charge in [-0.05, 0) is 13.8 Å². The first-order chi connectivity index (χ1) is 7.94. The van der Waals surface area contributed by atoms with Crippen molar-refractivity contribution in [3.8, 4) is 0 Å². The molecular formula is C11H14O6. The number of rotatable bonds is 2. The number of hydrogen-bond acceptors (Lipinski definition) is 6. The zero-order valence-corrected chi connectivity index (χ0v) is 10.1. The highest BCUT2D eigenvalue weighted by molar-refractivity contribution is 6.03. The number of carbonyl (C=O) groups excluding carboxylic acids is 2. The lowest BCUT2D eigenvalue weighted by atomic mass is 9.95. The lowest BCUT2D eigenvalue weighted by Crippen LogP contribution is -2.37. The van der Waals surface area contributed by atoms with Gasteiger partial charge < -0.3 is 18.9 Å². The Balaban J connectivity index is 2.52. The predicted molar refractivity (Wildman–Crippen MR) is 54.9 cm³/mol. The second-order valence-corrected chi connectivity index (χ2v) is 4.08. The van der Waals surface area contributed by atoms with E-state index in [1.165, 1.54) is 14.2 Å². The van der Waals surface area contributed by atoms with Gasteiger partial charge in [-0.1, -0.05) is 0 Å². The van der Waals surface area contributed by atoms with Gasteiger partial charge in [0.1, 0.15) is 11.7 Å². The van der Waals surface area contributed by atoms with E-state index >= 15 is 0 Å². The summed E-state index contributed by atoms with van der Waals surface area (Å²) in [5, 5.41) is 0. The Labute approximate surface area is 98.5 Å². The summed E-state index contributed by atoms with van der Waals surface area (Å²) in [5.74, 6) is -2.45. The van der Waals surface area contributed by atoms with Crippen LogP contribution in [0, 0.1) is 0 Å². The monoisotopic (exact) mass is 242 g/mol. The van der Waals surface area contributed by atoms with Crippen molar-refractivity contribution in [3.05, 3.63) is 11.1 Å². The largest absolute Gasteiger partial charge is 0.466 e. The summed E-state index contributed by atoms with van der Waals surface area (Å²) in [6, 6.07) is 0. The summed E-state index contributed by atoms with van der Waals surface area (Å²) in [6.45, 7) is 3.36. The highest BCUT2D eigenvalue weighted by Crippen LogP contribution is 2.46. The first-order valence-corrected chi connectivity index (χ1v) is 5.21. The average molecular weight is 242 g/mol. The van der Waals surface area contributed by atoms with E-state index in [2.05, 4.69) is 9.47 Å². The predicted octanol–water partition coefficient (Wildman–Crippen LogP) is 0.163. The van der Waals surface area contributed by atoms with E-state index in [1.54, 1.807) is 13.8 Å². The minimum Gasteiger partial charge on any atom is -0.466 e. The van der Waals surface area contributed by atoms with E-state index in [4.69, 9.17) is 9.47 Å². The molecule has 2 rings (SSSR count). The molecule has 3 atom stereocenters. The summed E-state index contributed by atoms with van der Waals surface area (Å²) < 4.78 is 20.4. The van der Waals surface area contributed by atoms with Crippen LogP contribution in [0.5, 0.6) is 0 Å². The minimum absolute atomic E-state index is 0.0925. The van der Waals surface area contributed by atoms with Gasteiger partial charge in [0.25, 0.3) is 0 Å². The molecule has 0 spiro atoms. The number of carbonyl (C=O) groups is 2. The fourth-order valence-corrected chi connectivity index (χ4v) is 2.31. The fraction of sp³-hybridized carbons (Fsp3) is 0.636. The van der Waals surface area contributed by atoms with Crippen molar-refractivity contribution >= 4 is 11.9 Å².